The van der Waals surface area contributed by atoms with Crippen LogP contribution in [0.5, 0.6) is 0 Å². The minimum absolute atomic E-state index is 0.0239. The zero-order valence-corrected chi connectivity index (χ0v) is 10.3. The summed E-state index contributed by atoms with van der Waals surface area (Å²) < 4.78 is 0. The first-order valence-electron chi connectivity index (χ1n) is 6.18. The fourth-order valence-corrected chi connectivity index (χ4v) is 2.05. The molecule has 2 amide bonds. The molecule has 0 radical (unpaired) electrons. The molecule has 1 aliphatic heterocycles. The SMILES string of the molecule is CCCCC(=O)N1CCC(NC(C)=O)CC1. The van der Waals surface area contributed by atoms with Crippen molar-refractivity contribution in [2.24, 2.45) is 0 Å². The minimum Gasteiger partial charge on any atom is -0.353 e. The summed E-state index contributed by atoms with van der Waals surface area (Å²) in [5.74, 6) is 0.291. The number of nitrogens with one attached hydrogen (secondary N) is 1. The number of nitrogens with zero attached hydrogens (tertiary/aromatic N) is 1. The molecule has 0 aromatic rings. The van der Waals surface area contributed by atoms with Gasteiger partial charge < -0.3 is 10.2 Å². The first-order valence-corrected chi connectivity index (χ1v) is 6.18. The number of unbranched alkanes of at least 4 members (excludes halogenated alkanes) is 1. The van der Waals surface area contributed by atoms with Gasteiger partial charge in [0.25, 0.3) is 0 Å². The molecule has 4 heteroatoms. The van der Waals surface area contributed by atoms with Crippen molar-refractivity contribution in [2.75, 3.05) is 13.1 Å². The fraction of sp³-hybridized carbons (Fsp3) is 0.833. The monoisotopic (exact) mass is 226 g/mol. The average Bonchev–Trinajstić information content (AvgIpc) is 2.26. The number of hydrogen-bond donors (Lipinski definition) is 1. The number of piperidine rings is 1. The van der Waals surface area contributed by atoms with Crippen LogP contribution in [0.4, 0.5) is 0 Å². The van der Waals surface area contributed by atoms with Crippen LogP contribution in [-0.4, -0.2) is 35.8 Å². The molecule has 1 rings (SSSR count). The predicted octanol–water partition coefficient (Wildman–Crippen LogP) is 1.30. The summed E-state index contributed by atoms with van der Waals surface area (Å²) in [5.41, 5.74) is 0. The van der Waals surface area contributed by atoms with Crippen molar-refractivity contribution in [3.05, 3.63) is 0 Å². The van der Waals surface area contributed by atoms with Crippen molar-refractivity contribution in [1.82, 2.24) is 10.2 Å². The number of carbonyl (C=O) groups excluding carboxylic acids is 2. The highest BCUT2D eigenvalue weighted by Crippen LogP contribution is 2.12. The van der Waals surface area contributed by atoms with E-state index >= 15 is 0 Å². The Bertz CT molecular complexity index is 245. The molecule has 1 N–H and O–H groups in total. The summed E-state index contributed by atoms with van der Waals surface area (Å²) in [6, 6.07) is 0.257. The van der Waals surface area contributed by atoms with Crippen molar-refractivity contribution in [3.8, 4) is 0 Å². The molecule has 0 saturated carbocycles. The summed E-state index contributed by atoms with van der Waals surface area (Å²) in [6.45, 7) is 5.20. The van der Waals surface area contributed by atoms with Gasteiger partial charge in [0.15, 0.2) is 0 Å². The van der Waals surface area contributed by atoms with E-state index in [1.54, 1.807) is 6.92 Å². The lowest BCUT2D eigenvalue weighted by atomic mass is 10.0. The predicted molar refractivity (Wildman–Crippen MR) is 62.9 cm³/mol. The first kappa shape index (κ1) is 13.0. The quantitative estimate of drug-likeness (QED) is 0.785. The van der Waals surface area contributed by atoms with Crippen LogP contribution < -0.4 is 5.32 Å². The Hall–Kier alpha value is -1.06. The summed E-state index contributed by atoms with van der Waals surface area (Å²) in [5, 5.41) is 2.91. The van der Waals surface area contributed by atoms with Gasteiger partial charge in [-0.05, 0) is 19.3 Å². The Morgan fingerprint density at radius 1 is 1.31 bits per heavy atom. The van der Waals surface area contributed by atoms with Gasteiger partial charge in [0.2, 0.25) is 11.8 Å². The van der Waals surface area contributed by atoms with Crippen LogP contribution in [0.15, 0.2) is 0 Å². The molecule has 1 saturated heterocycles. The van der Waals surface area contributed by atoms with Crippen LogP contribution in [-0.2, 0) is 9.59 Å². The third kappa shape index (κ3) is 4.21. The second-order valence-electron chi connectivity index (χ2n) is 4.46. The Labute approximate surface area is 97.4 Å². The van der Waals surface area contributed by atoms with Crippen molar-refractivity contribution in [1.29, 1.82) is 0 Å². The summed E-state index contributed by atoms with van der Waals surface area (Å²) in [6.07, 6.45) is 4.48. The lowest BCUT2D eigenvalue weighted by Crippen LogP contribution is -2.46. The van der Waals surface area contributed by atoms with Crippen molar-refractivity contribution in [3.63, 3.8) is 0 Å². The van der Waals surface area contributed by atoms with Crippen molar-refractivity contribution >= 4 is 11.8 Å². The van der Waals surface area contributed by atoms with Crippen LogP contribution in [0.25, 0.3) is 0 Å². The van der Waals surface area contributed by atoms with Gasteiger partial charge in [-0.3, -0.25) is 9.59 Å². The minimum atomic E-state index is 0.0239. The topological polar surface area (TPSA) is 49.4 Å². The smallest absolute Gasteiger partial charge is 0.222 e. The Balaban J connectivity index is 2.25. The van der Waals surface area contributed by atoms with Gasteiger partial charge in [0.1, 0.15) is 0 Å². The van der Waals surface area contributed by atoms with Gasteiger partial charge in [0, 0.05) is 32.5 Å². The van der Waals surface area contributed by atoms with Gasteiger partial charge in [-0.1, -0.05) is 13.3 Å². The Morgan fingerprint density at radius 3 is 2.44 bits per heavy atom. The van der Waals surface area contributed by atoms with E-state index in [1.807, 2.05) is 4.90 Å². The molecule has 0 atom stereocenters. The van der Waals surface area contributed by atoms with E-state index < -0.39 is 0 Å². The molecule has 92 valence electrons. The fourth-order valence-electron chi connectivity index (χ4n) is 2.05. The van der Waals surface area contributed by atoms with E-state index in [1.165, 1.54) is 0 Å². The second-order valence-corrected chi connectivity index (χ2v) is 4.46. The molecule has 0 aromatic carbocycles. The first-order chi connectivity index (χ1) is 7.63. The van der Waals surface area contributed by atoms with Crippen molar-refractivity contribution in [2.45, 2.75) is 52.0 Å². The van der Waals surface area contributed by atoms with Gasteiger partial charge >= 0.3 is 0 Å². The molecule has 0 bridgehead atoms. The highest BCUT2D eigenvalue weighted by molar-refractivity contribution is 5.76. The number of likely N-dealkylation sites (tertiary alicyclic amines) is 1. The Morgan fingerprint density at radius 2 is 1.94 bits per heavy atom. The van der Waals surface area contributed by atoms with Gasteiger partial charge in [-0.25, -0.2) is 0 Å². The van der Waals surface area contributed by atoms with Gasteiger partial charge in [0.05, 0.1) is 0 Å². The maximum atomic E-state index is 11.7. The Kier molecular flexibility index (Phi) is 5.29. The molecule has 4 nitrogen and oxygen atoms in total. The van der Waals surface area contributed by atoms with E-state index in [0.29, 0.717) is 6.42 Å². The summed E-state index contributed by atoms with van der Waals surface area (Å²) >= 11 is 0. The third-order valence-electron chi connectivity index (χ3n) is 3.00. The molecule has 0 aromatic heterocycles. The van der Waals surface area contributed by atoms with Crippen LogP contribution in [0.1, 0.15) is 46.0 Å². The van der Waals surface area contributed by atoms with Crippen LogP contribution in [0.3, 0.4) is 0 Å². The highest BCUT2D eigenvalue weighted by atomic mass is 16.2. The molecule has 0 unspecified atom stereocenters. The average molecular weight is 226 g/mol. The molecule has 0 spiro atoms. The highest BCUT2D eigenvalue weighted by Gasteiger charge is 2.22. The van der Waals surface area contributed by atoms with Crippen LogP contribution in [0.2, 0.25) is 0 Å². The zero-order chi connectivity index (χ0) is 12.0. The molecule has 16 heavy (non-hydrogen) atoms. The van der Waals surface area contributed by atoms with Crippen LogP contribution >= 0.6 is 0 Å². The molecule has 0 aliphatic carbocycles. The molecular formula is C12H22N2O2. The molecule has 1 fully saturated rings. The molecule has 1 heterocycles. The second kappa shape index (κ2) is 6.51. The molecular weight excluding hydrogens is 204 g/mol. The maximum absolute atomic E-state index is 11.7. The normalized spacial score (nSPS) is 17.2. The van der Waals surface area contributed by atoms with Gasteiger partial charge in [-0.15, -0.1) is 0 Å². The van der Waals surface area contributed by atoms with Crippen molar-refractivity contribution < 1.29 is 9.59 Å². The maximum Gasteiger partial charge on any atom is 0.222 e. The number of amides is 2. The van der Waals surface area contributed by atoms with Crippen LogP contribution in [0, 0.1) is 0 Å². The van der Waals surface area contributed by atoms with E-state index in [-0.39, 0.29) is 17.9 Å². The van der Waals surface area contributed by atoms with Gasteiger partial charge in [-0.2, -0.15) is 0 Å². The number of rotatable bonds is 4. The summed E-state index contributed by atoms with van der Waals surface area (Å²) in [4.78, 5) is 24.5. The number of hydrogen-bond acceptors (Lipinski definition) is 2. The third-order valence-corrected chi connectivity index (χ3v) is 3.00. The number of carbonyl (C=O) groups is 2. The lowest BCUT2D eigenvalue weighted by Gasteiger charge is -2.32. The van der Waals surface area contributed by atoms with E-state index in [4.69, 9.17) is 0 Å². The lowest BCUT2D eigenvalue weighted by molar-refractivity contribution is -0.132. The van der Waals surface area contributed by atoms with E-state index in [9.17, 15) is 9.59 Å². The van der Waals surface area contributed by atoms with E-state index in [0.717, 1.165) is 38.8 Å². The largest absolute Gasteiger partial charge is 0.353 e. The summed E-state index contributed by atoms with van der Waals surface area (Å²) in [7, 11) is 0. The van der Waals surface area contributed by atoms with E-state index in [2.05, 4.69) is 12.2 Å². The standard InChI is InChI=1S/C12H22N2O2/c1-3-4-5-12(16)14-8-6-11(7-9-14)13-10(2)15/h11H,3-9H2,1-2H3,(H,13,15). The molecule has 1 aliphatic rings. The zero-order valence-electron chi connectivity index (χ0n) is 10.3.